The molecule has 7 aromatic rings. The van der Waals surface area contributed by atoms with Gasteiger partial charge in [-0.3, -0.25) is 38.8 Å². The van der Waals surface area contributed by atoms with Gasteiger partial charge in [0.05, 0.1) is 23.6 Å². The van der Waals surface area contributed by atoms with Crippen LogP contribution in [-0.4, -0.2) is 106 Å². The van der Waals surface area contributed by atoms with Gasteiger partial charge < -0.3 is 36.7 Å². The maximum absolute atomic E-state index is 14.2. The quantitative estimate of drug-likeness (QED) is 0.0280. The number of hydrogen-bond donors (Lipinski definition) is 6. The monoisotopic (exact) mass is 1040 g/mol. The molecule has 7 N–H and O–H groups in total. The van der Waals surface area contributed by atoms with Gasteiger partial charge >= 0.3 is 12.1 Å². The summed E-state index contributed by atoms with van der Waals surface area (Å²) in [7, 11) is 0. The molecular weight excluding hydrogens is 983 g/mol. The van der Waals surface area contributed by atoms with Crippen LogP contribution in [0.4, 0.5) is 15.3 Å². The lowest BCUT2D eigenvalue weighted by atomic mass is 10.0. The van der Waals surface area contributed by atoms with Crippen molar-refractivity contribution in [3.8, 4) is 22.6 Å². The van der Waals surface area contributed by atoms with Gasteiger partial charge in [-0.2, -0.15) is 5.10 Å². The van der Waals surface area contributed by atoms with Crippen LogP contribution in [0.2, 0.25) is 0 Å². The Labute approximate surface area is 444 Å². The number of hydrogen-bond acceptors (Lipinski definition) is 12. The number of imide groups is 1. The summed E-state index contributed by atoms with van der Waals surface area (Å²) in [5.41, 5.74) is 11.4. The number of unbranched alkanes of at least 4 members (excludes halogenated alkanes) is 2. The van der Waals surface area contributed by atoms with Crippen molar-refractivity contribution in [1.29, 1.82) is 0 Å². The molecule has 1 aliphatic rings. The van der Waals surface area contributed by atoms with Crippen molar-refractivity contribution in [3.05, 3.63) is 144 Å². The van der Waals surface area contributed by atoms with Gasteiger partial charge in [0.25, 0.3) is 11.8 Å². The fourth-order valence-corrected chi connectivity index (χ4v) is 8.82. The number of imidazole rings is 1. The van der Waals surface area contributed by atoms with Crippen LogP contribution in [0.25, 0.3) is 39.1 Å². The molecule has 2 atom stereocenters. The first kappa shape index (κ1) is 54.0. The summed E-state index contributed by atoms with van der Waals surface area (Å²) in [6, 6.07) is 27.5. The third-order valence-electron chi connectivity index (χ3n) is 12.9. The molecule has 77 heavy (non-hydrogen) atoms. The number of benzene rings is 3. The Morgan fingerprint density at radius 1 is 0.792 bits per heavy atom. The summed E-state index contributed by atoms with van der Waals surface area (Å²) in [4.78, 5) is 110. The largest absolute Gasteiger partial charge is 0.445 e. The maximum Gasteiger partial charge on any atom is 0.410 e. The van der Waals surface area contributed by atoms with E-state index in [1.54, 1.807) is 47.5 Å². The molecule has 5 heterocycles. The van der Waals surface area contributed by atoms with Gasteiger partial charge in [-0.25, -0.2) is 24.1 Å². The number of nitrogens with two attached hydrogens (primary N) is 1. The van der Waals surface area contributed by atoms with Crippen LogP contribution >= 0.6 is 0 Å². The molecule has 398 valence electrons. The number of ether oxygens (including phenoxy) is 1. The van der Waals surface area contributed by atoms with Gasteiger partial charge in [-0.15, -0.1) is 0 Å². The standard InChI is InChI=1S/C56H61N13O8/c1-35(2)50(66-47(70)16-5-4-8-28-68-48(71)25-26-49(68)72)54(74)63-44(15-10-27-58-55(57)75)53(73)62-42-22-18-37(19-23-42)33-77-56(76)67(30-38-17-20-39-12-6-7-13-40(39)29-38)32-45-64-51(41-21-24-46-59-34-60-69(46)31-41)52(65-45)43-14-9-11-36(3)61-43/h6-7,9,11-14,17-26,29,31,34-35,44,50H,4-5,8,10,15-16,27-28,30,32-33H2,1-3H3,(H,62,73)(H,63,74)(H,64,65)(H,66,70)(H3,57,58,75)/t44-,50?/m0/s1. The van der Waals surface area contributed by atoms with E-state index in [4.69, 9.17) is 20.4 Å². The molecule has 0 saturated carbocycles. The second-order valence-electron chi connectivity index (χ2n) is 19.1. The maximum atomic E-state index is 14.2. The SMILES string of the molecule is Cc1cccc(-c2[nH]c(CN(Cc3ccc4ccccc4c3)C(=O)OCc3ccc(NC(=O)[C@H](CCCNC(N)=O)NC(=O)C(NC(=O)CCCCCN4C(=O)C=CC4=O)C(C)C)cc3)nc2-c2ccc3ncnn3c2)n1. The van der Waals surface area contributed by atoms with Crippen LogP contribution in [0.15, 0.2) is 122 Å². The molecule has 8 rings (SSSR count). The Morgan fingerprint density at radius 3 is 2.31 bits per heavy atom. The second kappa shape index (κ2) is 25.3. The molecular formula is C56H61N13O8. The molecule has 8 amide bonds. The van der Waals surface area contributed by atoms with Gasteiger partial charge in [0, 0.05) is 61.3 Å². The normalized spacial score (nSPS) is 13.0. The first-order valence-electron chi connectivity index (χ1n) is 25.5. The van der Waals surface area contributed by atoms with Crippen molar-refractivity contribution < 1.29 is 38.3 Å². The first-order valence-corrected chi connectivity index (χ1v) is 25.5. The molecule has 0 saturated heterocycles. The number of nitrogens with one attached hydrogen (secondary N) is 5. The van der Waals surface area contributed by atoms with E-state index in [0.29, 0.717) is 65.5 Å². The number of primary amides is 1. The Bertz CT molecular complexity index is 3300. The number of carbonyl (C=O) groups is 7. The second-order valence-corrected chi connectivity index (χ2v) is 19.1. The molecule has 0 aliphatic carbocycles. The lowest BCUT2D eigenvalue weighted by molar-refractivity contribution is -0.137. The summed E-state index contributed by atoms with van der Waals surface area (Å²) < 4.78 is 7.64. The van der Waals surface area contributed by atoms with E-state index >= 15 is 0 Å². The van der Waals surface area contributed by atoms with Crippen LogP contribution < -0.4 is 27.0 Å². The molecule has 0 bridgehead atoms. The Hall–Kier alpha value is -9.27. The molecule has 1 unspecified atom stereocenters. The number of urea groups is 1. The minimum Gasteiger partial charge on any atom is -0.445 e. The van der Waals surface area contributed by atoms with E-state index in [-0.39, 0.29) is 69.3 Å². The Balaban J connectivity index is 0.921. The Kier molecular flexibility index (Phi) is 17.8. The molecule has 0 spiro atoms. The highest BCUT2D eigenvalue weighted by Crippen LogP contribution is 2.30. The zero-order valence-electron chi connectivity index (χ0n) is 43.0. The average molecular weight is 1040 g/mol. The molecule has 21 heteroatoms. The first-order chi connectivity index (χ1) is 37.2. The van der Waals surface area contributed by atoms with Crippen LogP contribution in [0.3, 0.4) is 0 Å². The molecule has 1 aliphatic heterocycles. The predicted molar refractivity (Wildman–Crippen MR) is 287 cm³/mol. The minimum atomic E-state index is -1.07. The number of pyridine rings is 2. The highest BCUT2D eigenvalue weighted by molar-refractivity contribution is 6.12. The van der Waals surface area contributed by atoms with Gasteiger partial charge in [-0.1, -0.05) is 74.9 Å². The Morgan fingerprint density at radius 2 is 1.56 bits per heavy atom. The number of rotatable bonds is 24. The molecule has 0 radical (unpaired) electrons. The smallest absolute Gasteiger partial charge is 0.410 e. The zero-order valence-corrected chi connectivity index (χ0v) is 43.0. The summed E-state index contributed by atoms with van der Waals surface area (Å²) in [5.74, 6) is -2.03. The van der Waals surface area contributed by atoms with Crippen molar-refractivity contribution >= 4 is 63.8 Å². The van der Waals surface area contributed by atoms with Crippen molar-refractivity contribution in [1.82, 2.24) is 55.3 Å². The van der Waals surface area contributed by atoms with E-state index in [9.17, 15) is 33.6 Å². The van der Waals surface area contributed by atoms with Gasteiger partial charge in [0.15, 0.2) is 5.65 Å². The molecule has 21 nitrogen and oxygen atoms in total. The lowest BCUT2D eigenvalue weighted by Crippen LogP contribution is -2.54. The summed E-state index contributed by atoms with van der Waals surface area (Å²) in [6.45, 7) is 6.00. The number of nitrogens with zero attached hydrogens (tertiary/aromatic N) is 7. The average Bonchev–Trinajstić information content (AvgIpc) is 4.16. The minimum absolute atomic E-state index is 0.0503. The lowest BCUT2D eigenvalue weighted by Gasteiger charge is -2.25. The fourth-order valence-electron chi connectivity index (χ4n) is 8.82. The number of H-pyrrole nitrogens is 1. The van der Waals surface area contributed by atoms with Gasteiger partial charge in [0.1, 0.15) is 30.8 Å². The summed E-state index contributed by atoms with van der Waals surface area (Å²) in [5, 5.41) is 17.3. The molecule has 0 fully saturated rings. The van der Waals surface area contributed by atoms with Crippen LogP contribution in [0.1, 0.15) is 75.0 Å². The highest BCUT2D eigenvalue weighted by atomic mass is 16.6. The third-order valence-corrected chi connectivity index (χ3v) is 12.9. The van der Waals surface area contributed by atoms with Crippen molar-refractivity contribution in [3.63, 3.8) is 0 Å². The number of anilines is 1. The number of amides is 8. The summed E-state index contributed by atoms with van der Waals surface area (Å²) >= 11 is 0. The van der Waals surface area contributed by atoms with E-state index in [1.807, 2.05) is 85.9 Å². The highest BCUT2D eigenvalue weighted by Gasteiger charge is 2.30. The van der Waals surface area contributed by atoms with Crippen LogP contribution in [0, 0.1) is 12.8 Å². The third kappa shape index (κ3) is 14.5. The van der Waals surface area contributed by atoms with E-state index in [0.717, 1.165) is 32.5 Å². The zero-order chi connectivity index (χ0) is 54.4. The number of carbonyl (C=O) groups excluding carboxylic acids is 7. The van der Waals surface area contributed by atoms with Gasteiger partial charge in [0.2, 0.25) is 17.7 Å². The predicted octanol–water partition coefficient (Wildman–Crippen LogP) is 6.48. The van der Waals surface area contributed by atoms with Crippen LogP contribution in [0.5, 0.6) is 0 Å². The fraction of sp³-hybridized carbons (Fsp3) is 0.304. The summed E-state index contributed by atoms with van der Waals surface area (Å²) in [6.07, 6.45) is 7.28. The van der Waals surface area contributed by atoms with Crippen molar-refractivity contribution in [2.24, 2.45) is 11.7 Å². The number of aromatic nitrogens is 6. The van der Waals surface area contributed by atoms with E-state index < -0.39 is 36.0 Å². The van der Waals surface area contributed by atoms with Gasteiger partial charge in [-0.05, 0) is 103 Å². The number of fused-ring (bicyclic) bond motifs is 2. The van der Waals surface area contributed by atoms with E-state index in [1.165, 1.54) is 18.5 Å². The number of aryl methyl sites for hydroxylation is 1. The van der Waals surface area contributed by atoms with Crippen molar-refractivity contribution in [2.75, 3.05) is 18.4 Å². The topological polar surface area (TPSA) is 281 Å². The van der Waals surface area contributed by atoms with Crippen molar-refractivity contribution in [2.45, 2.75) is 91.1 Å². The number of aromatic amines is 1. The molecule has 3 aromatic carbocycles. The molecule has 4 aromatic heterocycles. The van der Waals surface area contributed by atoms with E-state index in [2.05, 4.69) is 36.3 Å². The van der Waals surface area contributed by atoms with Crippen LogP contribution in [-0.2, 0) is 48.4 Å².